The molecule has 0 N–H and O–H groups in total. The van der Waals surface area contributed by atoms with Gasteiger partial charge in [0, 0.05) is 36.0 Å². The maximum atomic E-state index is 13.1. The van der Waals surface area contributed by atoms with E-state index in [0.717, 1.165) is 32.4 Å². The molecule has 2 aromatic carbocycles. The molecule has 142 valence electrons. The van der Waals surface area contributed by atoms with Crippen LogP contribution in [0.15, 0.2) is 68.8 Å². The van der Waals surface area contributed by atoms with Crippen LogP contribution in [-0.4, -0.2) is 13.7 Å². The maximum absolute atomic E-state index is 13.1. The molecule has 0 aliphatic rings. The molecule has 0 bridgehead atoms. The minimum absolute atomic E-state index is 0.298. The van der Waals surface area contributed by atoms with E-state index in [2.05, 4.69) is 35.0 Å². The first-order valence-corrected chi connectivity index (χ1v) is 9.88. The largest absolute Gasteiger partial charge is 0.330 e. The molecule has 0 atom stereocenters. The van der Waals surface area contributed by atoms with Gasteiger partial charge in [-0.2, -0.15) is 0 Å². The number of halogens is 1. The zero-order valence-electron chi connectivity index (χ0n) is 15.9. The number of rotatable bonds is 3. The van der Waals surface area contributed by atoms with E-state index >= 15 is 0 Å². The summed E-state index contributed by atoms with van der Waals surface area (Å²) in [4.78, 5) is 25.5. The fraction of sp³-hybridized carbons (Fsp3) is 0.182. The van der Waals surface area contributed by atoms with E-state index in [1.807, 2.05) is 47.2 Å². The number of aromatic nitrogens is 3. The highest BCUT2D eigenvalue weighted by molar-refractivity contribution is 9.10. The molecule has 4 rings (SSSR count). The average molecular weight is 438 g/mol. The molecule has 0 fully saturated rings. The molecule has 2 aromatic heterocycles. The third kappa shape index (κ3) is 2.76. The van der Waals surface area contributed by atoms with Crippen LogP contribution >= 0.6 is 15.9 Å². The van der Waals surface area contributed by atoms with Gasteiger partial charge in [0.25, 0.3) is 5.56 Å². The van der Waals surface area contributed by atoms with E-state index in [-0.39, 0.29) is 11.2 Å². The van der Waals surface area contributed by atoms with Crippen LogP contribution in [0.2, 0.25) is 0 Å². The molecule has 0 radical (unpaired) electrons. The molecular formula is C22H20BrN3O2. The van der Waals surface area contributed by atoms with Gasteiger partial charge < -0.3 is 4.57 Å². The van der Waals surface area contributed by atoms with Crippen LogP contribution in [0.25, 0.3) is 27.8 Å². The zero-order valence-corrected chi connectivity index (χ0v) is 17.5. The number of benzene rings is 2. The van der Waals surface area contributed by atoms with Crippen molar-refractivity contribution in [3.05, 3.63) is 85.6 Å². The van der Waals surface area contributed by atoms with Crippen molar-refractivity contribution in [2.45, 2.75) is 13.3 Å². The lowest BCUT2D eigenvalue weighted by Gasteiger charge is -2.12. The predicted octanol–water partition coefficient (Wildman–Crippen LogP) is 4.02. The maximum Gasteiger partial charge on any atom is 0.330 e. The van der Waals surface area contributed by atoms with Gasteiger partial charge in [0.05, 0.1) is 16.6 Å². The zero-order chi connectivity index (χ0) is 20.0. The Morgan fingerprint density at radius 2 is 1.61 bits per heavy atom. The summed E-state index contributed by atoms with van der Waals surface area (Å²) in [5.74, 6) is 0. The second-order valence-electron chi connectivity index (χ2n) is 6.81. The van der Waals surface area contributed by atoms with Crippen molar-refractivity contribution in [2.75, 3.05) is 0 Å². The van der Waals surface area contributed by atoms with Gasteiger partial charge in [0.1, 0.15) is 0 Å². The standard InChI is InChI=1S/C22H20BrN3O2/c1-4-14-9-11-15(12-10-14)26-13-18-19(21(27)25(3)22(28)24(18)2)20(26)16-7-5-6-8-17(16)23/h5-13H,4H2,1-3H3. The van der Waals surface area contributed by atoms with Crippen LogP contribution in [-0.2, 0) is 20.5 Å². The minimum atomic E-state index is -0.338. The summed E-state index contributed by atoms with van der Waals surface area (Å²) in [6, 6.07) is 16.1. The molecule has 0 spiro atoms. The molecule has 4 aromatic rings. The van der Waals surface area contributed by atoms with E-state index < -0.39 is 0 Å². The molecule has 0 amide bonds. The monoisotopic (exact) mass is 437 g/mol. The van der Waals surface area contributed by atoms with Gasteiger partial charge >= 0.3 is 5.69 Å². The molecular weight excluding hydrogens is 418 g/mol. The Labute approximate surface area is 170 Å². The fourth-order valence-corrected chi connectivity index (χ4v) is 4.03. The Morgan fingerprint density at radius 3 is 2.25 bits per heavy atom. The first-order valence-electron chi connectivity index (χ1n) is 9.09. The highest BCUT2D eigenvalue weighted by atomic mass is 79.9. The lowest BCUT2D eigenvalue weighted by Crippen LogP contribution is -2.36. The molecule has 28 heavy (non-hydrogen) atoms. The van der Waals surface area contributed by atoms with Gasteiger partial charge in [-0.25, -0.2) is 4.79 Å². The quantitative estimate of drug-likeness (QED) is 0.485. The Hall–Kier alpha value is -2.86. The molecule has 0 aliphatic carbocycles. The van der Waals surface area contributed by atoms with Crippen LogP contribution < -0.4 is 11.2 Å². The summed E-state index contributed by atoms with van der Waals surface area (Å²) in [5, 5.41) is 0.524. The topological polar surface area (TPSA) is 48.9 Å². The molecule has 0 unspecified atom stereocenters. The third-order valence-electron chi connectivity index (χ3n) is 5.19. The van der Waals surface area contributed by atoms with E-state index in [9.17, 15) is 9.59 Å². The van der Waals surface area contributed by atoms with Crippen molar-refractivity contribution in [3.8, 4) is 16.9 Å². The van der Waals surface area contributed by atoms with Crippen molar-refractivity contribution in [2.24, 2.45) is 14.1 Å². The van der Waals surface area contributed by atoms with Crippen molar-refractivity contribution in [1.82, 2.24) is 13.7 Å². The number of nitrogens with zero attached hydrogens (tertiary/aromatic N) is 3. The average Bonchev–Trinajstić information content (AvgIpc) is 3.11. The summed E-state index contributed by atoms with van der Waals surface area (Å²) < 4.78 is 5.56. The van der Waals surface area contributed by atoms with Gasteiger partial charge in [-0.1, -0.05) is 53.2 Å². The smallest absolute Gasteiger partial charge is 0.314 e. The Morgan fingerprint density at radius 1 is 0.929 bits per heavy atom. The SMILES string of the molecule is CCc1ccc(-n2cc3c(c2-c2ccccc2Br)c(=O)n(C)c(=O)n3C)cc1. The van der Waals surface area contributed by atoms with Crippen LogP contribution in [0.4, 0.5) is 0 Å². The minimum Gasteiger partial charge on any atom is -0.314 e. The van der Waals surface area contributed by atoms with E-state index in [4.69, 9.17) is 0 Å². The Balaban J connectivity index is 2.18. The van der Waals surface area contributed by atoms with Crippen molar-refractivity contribution in [1.29, 1.82) is 0 Å². The molecule has 0 saturated carbocycles. The second-order valence-corrected chi connectivity index (χ2v) is 7.67. The second kappa shape index (κ2) is 6.95. The molecule has 2 heterocycles. The molecule has 0 aliphatic heterocycles. The summed E-state index contributed by atoms with van der Waals surface area (Å²) in [7, 11) is 3.21. The van der Waals surface area contributed by atoms with Crippen molar-refractivity contribution in [3.63, 3.8) is 0 Å². The normalized spacial score (nSPS) is 11.3. The third-order valence-corrected chi connectivity index (χ3v) is 5.88. The first kappa shape index (κ1) is 18.5. The predicted molar refractivity (Wildman–Crippen MR) is 116 cm³/mol. The van der Waals surface area contributed by atoms with E-state index in [1.54, 1.807) is 7.05 Å². The van der Waals surface area contributed by atoms with Gasteiger partial charge in [-0.3, -0.25) is 13.9 Å². The number of hydrogen-bond acceptors (Lipinski definition) is 2. The van der Waals surface area contributed by atoms with E-state index in [1.165, 1.54) is 17.2 Å². The number of aryl methyl sites for hydroxylation is 2. The van der Waals surface area contributed by atoms with Gasteiger partial charge in [0.15, 0.2) is 0 Å². The summed E-state index contributed by atoms with van der Waals surface area (Å²) in [6.45, 7) is 2.12. The van der Waals surface area contributed by atoms with Crippen molar-refractivity contribution < 1.29 is 0 Å². The van der Waals surface area contributed by atoms with Crippen LogP contribution in [0.1, 0.15) is 12.5 Å². The van der Waals surface area contributed by atoms with Crippen molar-refractivity contribution >= 4 is 26.8 Å². The highest BCUT2D eigenvalue weighted by Crippen LogP contribution is 2.35. The molecule has 0 saturated heterocycles. The summed E-state index contributed by atoms with van der Waals surface area (Å²) in [6.07, 6.45) is 2.83. The van der Waals surface area contributed by atoms with Gasteiger partial charge in [-0.15, -0.1) is 0 Å². The Bertz CT molecular complexity index is 1310. The fourth-order valence-electron chi connectivity index (χ4n) is 3.55. The molecule has 5 nitrogen and oxygen atoms in total. The van der Waals surface area contributed by atoms with Crippen LogP contribution in [0, 0.1) is 0 Å². The molecule has 6 heteroatoms. The van der Waals surface area contributed by atoms with Gasteiger partial charge in [-0.05, 0) is 30.2 Å². The van der Waals surface area contributed by atoms with Crippen LogP contribution in [0.3, 0.4) is 0 Å². The Kier molecular flexibility index (Phi) is 4.59. The van der Waals surface area contributed by atoms with Crippen LogP contribution in [0.5, 0.6) is 0 Å². The van der Waals surface area contributed by atoms with Gasteiger partial charge in [0.2, 0.25) is 0 Å². The lowest BCUT2D eigenvalue weighted by atomic mass is 10.1. The number of fused-ring (bicyclic) bond motifs is 1. The number of hydrogen-bond donors (Lipinski definition) is 0. The first-order chi connectivity index (χ1) is 13.4. The summed E-state index contributed by atoms with van der Waals surface area (Å²) in [5.41, 5.74) is 3.82. The highest BCUT2D eigenvalue weighted by Gasteiger charge is 2.21. The summed E-state index contributed by atoms with van der Waals surface area (Å²) >= 11 is 3.62. The lowest BCUT2D eigenvalue weighted by molar-refractivity contribution is 0.714. The van der Waals surface area contributed by atoms with E-state index in [0.29, 0.717) is 10.9 Å².